The zero-order valence-corrected chi connectivity index (χ0v) is 16.7. The van der Waals surface area contributed by atoms with Gasteiger partial charge in [0.1, 0.15) is 5.82 Å². The van der Waals surface area contributed by atoms with Crippen molar-refractivity contribution in [3.05, 3.63) is 83.9 Å². The van der Waals surface area contributed by atoms with Crippen LogP contribution in [0.2, 0.25) is 5.02 Å². The van der Waals surface area contributed by atoms with E-state index in [-0.39, 0.29) is 5.91 Å². The topological polar surface area (TPSA) is 63.1 Å². The fourth-order valence-corrected chi connectivity index (χ4v) is 3.29. The lowest BCUT2D eigenvalue weighted by molar-refractivity contribution is 0.0954. The van der Waals surface area contributed by atoms with Gasteiger partial charge in [0.15, 0.2) is 0 Å². The van der Waals surface area contributed by atoms with E-state index in [9.17, 15) is 4.79 Å². The first kappa shape index (κ1) is 19.0. The number of pyridine rings is 1. The van der Waals surface area contributed by atoms with Gasteiger partial charge >= 0.3 is 0 Å². The SMILES string of the molecule is CN(CCNC(=O)c1ccccc1)c1cc(-n2ccnc2)c2ccc(Cl)cc2n1. The van der Waals surface area contributed by atoms with Crippen molar-refractivity contribution in [1.82, 2.24) is 19.9 Å². The molecule has 0 atom stereocenters. The average molecular weight is 406 g/mol. The summed E-state index contributed by atoms with van der Waals surface area (Å²) in [6, 6.07) is 16.9. The molecule has 146 valence electrons. The van der Waals surface area contributed by atoms with E-state index in [0.29, 0.717) is 23.7 Å². The summed E-state index contributed by atoms with van der Waals surface area (Å²) >= 11 is 6.18. The highest BCUT2D eigenvalue weighted by molar-refractivity contribution is 6.31. The number of carbonyl (C=O) groups excluding carboxylic acids is 1. The Morgan fingerprint density at radius 2 is 2.00 bits per heavy atom. The van der Waals surface area contributed by atoms with Crippen LogP contribution in [0.3, 0.4) is 0 Å². The van der Waals surface area contributed by atoms with Gasteiger partial charge in [0, 0.05) is 54.6 Å². The number of benzene rings is 2. The summed E-state index contributed by atoms with van der Waals surface area (Å²) in [4.78, 5) is 23.1. The number of hydrogen-bond donors (Lipinski definition) is 1. The van der Waals surface area contributed by atoms with Crippen LogP contribution in [-0.2, 0) is 0 Å². The van der Waals surface area contributed by atoms with Crippen molar-refractivity contribution in [3.63, 3.8) is 0 Å². The van der Waals surface area contributed by atoms with Crippen molar-refractivity contribution in [3.8, 4) is 5.69 Å². The van der Waals surface area contributed by atoms with Crippen molar-refractivity contribution in [2.45, 2.75) is 0 Å². The van der Waals surface area contributed by atoms with Crippen molar-refractivity contribution < 1.29 is 4.79 Å². The first-order chi connectivity index (χ1) is 14.1. The minimum Gasteiger partial charge on any atom is -0.358 e. The number of aromatic nitrogens is 3. The number of halogens is 1. The van der Waals surface area contributed by atoms with Crippen LogP contribution >= 0.6 is 11.6 Å². The third-order valence-electron chi connectivity index (χ3n) is 4.68. The van der Waals surface area contributed by atoms with E-state index in [0.717, 1.165) is 22.4 Å². The molecule has 0 saturated heterocycles. The number of nitrogens with zero attached hydrogens (tertiary/aromatic N) is 4. The number of rotatable bonds is 6. The van der Waals surface area contributed by atoms with Gasteiger partial charge in [-0.05, 0) is 30.3 Å². The van der Waals surface area contributed by atoms with E-state index in [2.05, 4.69) is 10.3 Å². The lowest BCUT2D eigenvalue weighted by Crippen LogP contribution is -2.33. The summed E-state index contributed by atoms with van der Waals surface area (Å²) in [6.45, 7) is 1.11. The molecule has 2 heterocycles. The van der Waals surface area contributed by atoms with Gasteiger partial charge in [0.2, 0.25) is 0 Å². The fraction of sp³-hybridized carbons (Fsp3) is 0.136. The Balaban J connectivity index is 1.54. The number of amides is 1. The Hall–Kier alpha value is -3.38. The summed E-state index contributed by atoms with van der Waals surface area (Å²) in [6.07, 6.45) is 5.39. The third kappa shape index (κ3) is 4.22. The largest absolute Gasteiger partial charge is 0.358 e. The van der Waals surface area contributed by atoms with Crippen LogP contribution in [0.4, 0.5) is 5.82 Å². The molecule has 0 unspecified atom stereocenters. The van der Waals surface area contributed by atoms with Gasteiger partial charge in [-0.25, -0.2) is 9.97 Å². The molecule has 6 nitrogen and oxygen atoms in total. The molecular formula is C22H20ClN5O. The molecule has 7 heteroatoms. The van der Waals surface area contributed by atoms with E-state index in [4.69, 9.17) is 16.6 Å². The molecule has 0 aliphatic heterocycles. The molecule has 0 radical (unpaired) electrons. The number of anilines is 1. The van der Waals surface area contributed by atoms with Gasteiger partial charge in [-0.3, -0.25) is 4.79 Å². The molecule has 29 heavy (non-hydrogen) atoms. The van der Waals surface area contributed by atoms with Gasteiger partial charge in [0.25, 0.3) is 5.91 Å². The van der Waals surface area contributed by atoms with Crippen molar-refractivity contribution >= 4 is 34.2 Å². The van der Waals surface area contributed by atoms with Gasteiger partial charge in [0.05, 0.1) is 17.5 Å². The molecule has 4 aromatic rings. The molecule has 0 aliphatic carbocycles. The normalized spacial score (nSPS) is 10.8. The smallest absolute Gasteiger partial charge is 0.251 e. The second-order valence-corrected chi connectivity index (χ2v) is 7.11. The highest BCUT2D eigenvalue weighted by atomic mass is 35.5. The molecule has 1 amide bonds. The number of nitrogens with one attached hydrogen (secondary N) is 1. The highest BCUT2D eigenvalue weighted by Crippen LogP contribution is 2.27. The summed E-state index contributed by atoms with van der Waals surface area (Å²) in [5.41, 5.74) is 2.43. The van der Waals surface area contributed by atoms with Crippen LogP contribution in [0.5, 0.6) is 0 Å². The molecule has 0 bridgehead atoms. The Morgan fingerprint density at radius 3 is 2.76 bits per heavy atom. The molecule has 2 aromatic carbocycles. The number of imidazole rings is 1. The molecule has 0 fully saturated rings. The van der Waals surface area contributed by atoms with Crippen LogP contribution in [0.25, 0.3) is 16.6 Å². The first-order valence-corrected chi connectivity index (χ1v) is 9.62. The number of likely N-dealkylation sites (N-methyl/N-ethyl adjacent to an activating group) is 1. The number of hydrogen-bond acceptors (Lipinski definition) is 4. The standard InChI is InChI=1S/C22H20ClN5O/c1-27(11-10-25-22(29)16-5-3-2-4-6-16)21-14-20(28-12-9-24-15-28)18-8-7-17(23)13-19(18)26-21/h2-9,12-15H,10-11H2,1H3,(H,25,29). The van der Waals surface area contributed by atoms with Crippen LogP contribution in [0.15, 0.2) is 73.3 Å². The van der Waals surface area contributed by atoms with Gasteiger partial charge in [-0.2, -0.15) is 0 Å². The minimum atomic E-state index is -0.0867. The summed E-state index contributed by atoms with van der Waals surface area (Å²) in [5, 5.41) is 4.57. The van der Waals surface area contributed by atoms with Crippen LogP contribution < -0.4 is 10.2 Å². The molecule has 2 aromatic heterocycles. The fourth-order valence-electron chi connectivity index (χ4n) is 3.12. The van der Waals surface area contributed by atoms with Crippen LogP contribution in [0, 0.1) is 0 Å². The molecular weight excluding hydrogens is 386 g/mol. The quantitative estimate of drug-likeness (QED) is 0.527. The van der Waals surface area contributed by atoms with Crippen molar-refractivity contribution in [2.75, 3.05) is 25.0 Å². The molecule has 0 aliphatic rings. The van der Waals surface area contributed by atoms with Gasteiger partial charge < -0.3 is 14.8 Å². The Kier molecular flexibility index (Phi) is 5.44. The maximum Gasteiger partial charge on any atom is 0.251 e. The van der Waals surface area contributed by atoms with Crippen molar-refractivity contribution in [1.29, 1.82) is 0 Å². The Bertz CT molecular complexity index is 1130. The van der Waals surface area contributed by atoms with Crippen LogP contribution in [-0.4, -0.2) is 40.6 Å². The van der Waals surface area contributed by atoms with Gasteiger partial charge in [-0.1, -0.05) is 29.8 Å². The minimum absolute atomic E-state index is 0.0867. The van der Waals surface area contributed by atoms with E-state index >= 15 is 0 Å². The van der Waals surface area contributed by atoms with E-state index in [1.165, 1.54) is 0 Å². The second kappa shape index (κ2) is 8.32. The monoisotopic (exact) mass is 405 g/mol. The molecule has 0 spiro atoms. The number of fused-ring (bicyclic) bond motifs is 1. The predicted octanol–water partition coefficient (Wildman–Crippen LogP) is 3.94. The Labute approximate surface area is 173 Å². The lowest BCUT2D eigenvalue weighted by Gasteiger charge is -2.20. The molecule has 1 N–H and O–H groups in total. The zero-order chi connectivity index (χ0) is 20.2. The van der Waals surface area contributed by atoms with Crippen LogP contribution in [0.1, 0.15) is 10.4 Å². The maximum absolute atomic E-state index is 12.2. The van der Waals surface area contributed by atoms with E-state index in [1.54, 1.807) is 24.7 Å². The maximum atomic E-state index is 12.2. The van der Waals surface area contributed by atoms with E-state index < -0.39 is 0 Å². The average Bonchev–Trinajstić information content (AvgIpc) is 3.28. The zero-order valence-electron chi connectivity index (χ0n) is 15.9. The Morgan fingerprint density at radius 1 is 1.17 bits per heavy atom. The third-order valence-corrected chi connectivity index (χ3v) is 4.91. The summed E-state index contributed by atoms with van der Waals surface area (Å²) in [5.74, 6) is 0.703. The number of carbonyl (C=O) groups is 1. The van der Waals surface area contributed by atoms with Crippen molar-refractivity contribution in [2.24, 2.45) is 0 Å². The lowest BCUT2D eigenvalue weighted by atomic mass is 10.1. The summed E-state index contributed by atoms with van der Waals surface area (Å²) < 4.78 is 1.95. The highest BCUT2D eigenvalue weighted by Gasteiger charge is 2.12. The molecule has 4 rings (SSSR count). The molecule has 0 saturated carbocycles. The predicted molar refractivity (Wildman–Crippen MR) is 116 cm³/mol. The first-order valence-electron chi connectivity index (χ1n) is 9.25. The second-order valence-electron chi connectivity index (χ2n) is 6.67. The summed E-state index contributed by atoms with van der Waals surface area (Å²) in [7, 11) is 1.95. The van der Waals surface area contributed by atoms with E-state index in [1.807, 2.05) is 65.2 Å². The van der Waals surface area contributed by atoms with Gasteiger partial charge in [-0.15, -0.1) is 0 Å².